The number of thiophene rings is 1. The molecule has 0 saturated heterocycles. The van der Waals surface area contributed by atoms with Gasteiger partial charge in [-0.15, -0.1) is 11.3 Å². The number of hydrogen-bond donors (Lipinski definition) is 1. The summed E-state index contributed by atoms with van der Waals surface area (Å²) < 4.78 is 6.22. The average molecular weight is 366 g/mol. The Balaban J connectivity index is 1.57. The minimum Gasteiger partial charge on any atom is -0.364 e. The number of hydrogen-bond acceptors (Lipinski definition) is 4. The van der Waals surface area contributed by atoms with Gasteiger partial charge in [0.05, 0.1) is 4.88 Å². The van der Waals surface area contributed by atoms with Crippen LogP contribution >= 0.6 is 11.3 Å². The molecule has 6 heteroatoms. The molecule has 0 bridgehead atoms. The second kappa shape index (κ2) is 6.90. The van der Waals surface area contributed by atoms with Gasteiger partial charge in [-0.25, -0.2) is 0 Å². The zero-order chi connectivity index (χ0) is 18.1. The summed E-state index contributed by atoms with van der Waals surface area (Å²) in [6.07, 6.45) is 1.12. The van der Waals surface area contributed by atoms with Crippen molar-refractivity contribution in [1.29, 1.82) is 0 Å². The largest absolute Gasteiger partial charge is 0.364 e. The first kappa shape index (κ1) is 16.8. The van der Waals surface area contributed by atoms with Crippen LogP contribution in [0.2, 0.25) is 0 Å². The molecule has 0 radical (unpaired) electrons. The Morgan fingerprint density at radius 3 is 2.85 bits per heavy atom. The van der Waals surface area contributed by atoms with Crippen LogP contribution in [0.3, 0.4) is 0 Å². The molecule has 0 spiro atoms. The summed E-state index contributed by atoms with van der Waals surface area (Å²) in [5.41, 5.74) is 2.62. The number of rotatable bonds is 4. The number of methoxy groups -OCH3 is 1. The Bertz CT molecular complexity index is 963. The van der Waals surface area contributed by atoms with E-state index in [9.17, 15) is 9.59 Å². The van der Waals surface area contributed by atoms with Crippen LogP contribution in [-0.2, 0) is 16.0 Å². The van der Waals surface area contributed by atoms with E-state index < -0.39 is 0 Å². The van der Waals surface area contributed by atoms with Gasteiger partial charge in [0, 0.05) is 29.6 Å². The Morgan fingerprint density at radius 1 is 1.19 bits per heavy atom. The van der Waals surface area contributed by atoms with Crippen molar-refractivity contribution < 1.29 is 14.3 Å². The number of nitrogens with zero attached hydrogens (tertiary/aromatic N) is 1. The summed E-state index contributed by atoms with van der Waals surface area (Å²) in [6, 6.07) is 15.5. The van der Waals surface area contributed by atoms with E-state index >= 15 is 0 Å². The van der Waals surface area contributed by atoms with Crippen molar-refractivity contribution in [3.8, 4) is 0 Å². The lowest BCUT2D eigenvalue weighted by molar-refractivity contribution is -0.119. The first-order valence-electron chi connectivity index (χ1n) is 8.38. The molecule has 2 aromatic carbocycles. The lowest BCUT2D eigenvalue weighted by Gasteiger charge is -2.29. The van der Waals surface area contributed by atoms with Crippen molar-refractivity contribution in [3.63, 3.8) is 0 Å². The van der Waals surface area contributed by atoms with Crippen LogP contribution in [-0.4, -0.2) is 25.7 Å². The van der Waals surface area contributed by atoms with Crippen molar-refractivity contribution in [1.82, 2.24) is 0 Å². The monoisotopic (exact) mass is 366 g/mol. The predicted octanol–water partition coefficient (Wildman–Crippen LogP) is 4.04. The Labute approximate surface area is 155 Å². The molecule has 0 fully saturated rings. The molecule has 2 amide bonds. The van der Waals surface area contributed by atoms with Gasteiger partial charge >= 0.3 is 0 Å². The number of carbonyl (C=O) groups is 2. The molecule has 4 rings (SSSR count). The van der Waals surface area contributed by atoms with Gasteiger partial charge in [-0.3, -0.25) is 14.5 Å². The van der Waals surface area contributed by atoms with Crippen molar-refractivity contribution in [2.24, 2.45) is 0 Å². The maximum absolute atomic E-state index is 12.6. The van der Waals surface area contributed by atoms with E-state index in [0.29, 0.717) is 17.7 Å². The van der Waals surface area contributed by atoms with Gasteiger partial charge in [0.15, 0.2) is 0 Å². The highest BCUT2D eigenvalue weighted by atomic mass is 32.1. The average Bonchev–Trinajstić information content (AvgIpc) is 3.08. The fraction of sp³-hybridized carbons (Fsp3) is 0.200. The number of aryl methyl sites for hydroxylation is 1. The number of fused-ring (bicyclic) bond motifs is 2. The minimum atomic E-state index is -0.119. The molecule has 0 atom stereocenters. The van der Waals surface area contributed by atoms with Gasteiger partial charge in [0.25, 0.3) is 5.91 Å². The molecule has 1 aliphatic heterocycles. The Morgan fingerprint density at radius 2 is 2.04 bits per heavy atom. The second-order valence-corrected chi connectivity index (χ2v) is 7.27. The Hall–Kier alpha value is -2.70. The number of nitrogens with one attached hydrogen (secondary N) is 1. The summed E-state index contributed by atoms with van der Waals surface area (Å²) >= 11 is 1.48. The lowest BCUT2D eigenvalue weighted by Crippen LogP contribution is -2.36. The zero-order valence-electron chi connectivity index (χ0n) is 14.3. The zero-order valence-corrected chi connectivity index (χ0v) is 15.1. The van der Waals surface area contributed by atoms with E-state index in [1.54, 1.807) is 12.0 Å². The Kier molecular flexibility index (Phi) is 4.44. The number of anilines is 2. The van der Waals surface area contributed by atoms with E-state index in [2.05, 4.69) is 5.32 Å². The van der Waals surface area contributed by atoms with Gasteiger partial charge in [-0.1, -0.05) is 18.2 Å². The smallest absolute Gasteiger partial charge is 0.265 e. The highest BCUT2D eigenvalue weighted by molar-refractivity contribution is 7.20. The third-order valence-corrected chi connectivity index (χ3v) is 5.56. The van der Waals surface area contributed by atoms with Crippen molar-refractivity contribution in [3.05, 3.63) is 59.0 Å². The van der Waals surface area contributed by atoms with E-state index in [-0.39, 0.29) is 18.5 Å². The molecule has 1 aromatic heterocycles. The molecule has 2 heterocycles. The first-order valence-corrected chi connectivity index (χ1v) is 9.19. The number of carbonyl (C=O) groups excluding carboxylic acids is 2. The second-order valence-electron chi connectivity index (χ2n) is 6.19. The SMILES string of the molecule is COCN1C(=O)CCc2cc(NC(=O)c3cc4ccccc4s3)ccc21. The fourth-order valence-electron chi connectivity index (χ4n) is 3.19. The van der Waals surface area contributed by atoms with Crippen LogP contribution in [0.5, 0.6) is 0 Å². The van der Waals surface area contributed by atoms with Gasteiger partial charge in [0.1, 0.15) is 6.73 Å². The molecular formula is C20H18N2O3S. The van der Waals surface area contributed by atoms with Crippen molar-refractivity contribution in [2.45, 2.75) is 12.8 Å². The summed E-state index contributed by atoms with van der Waals surface area (Å²) in [5.74, 6) is -0.0619. The topological polar surface area (TPSA) is 58.6 Å². The van der Waals surface area contributed by atoms with Crippen LogP contribution < -0.4 is 10.2 Å². The minimum absolute atomic E-state index is 0.0569. The summed E-state index contributed by atoms with van der Waals surface area (Å²) in [4.78, 5) is 27.0. The molecule has 1 aliphatic rings. The molecular weight excluding hydrogens is 348 g/mol. The van der Waals surface area contributed by atoms with Crippen molar-refractivity contribution in [2.75, 3.05) is 24.1 Å². The molecule has 132 valence electrons. The van der Waals surface area contributed by atoms with E-state index in [1.165, 1.54) is 11.3 Å². The maximum atomic E-state index is 12.6. The first-order chi connectivity index (χ1) is 12.7. The highest BCUT2D eigenvalue weighted by Crippen LogP contribution is 2.31. The van der Waals surface area contributed by atoms with Crippen LogP contribution in [0.4, 0.5) is 11.4 Å². The molecule has 1 N–H and O–H groups in total. The van der Waals surface area contributed by atoms with Crippen LogP contribution in [0.15, 0.2) is 48.5 Å². The molecule has 3 aromatic rings. The highest BCUT2D eigenvalue weighted by Gasteiger charge is 2.24. The van der Waals surface area contributed by atoms with Gasteiger partial charge in [-0.05, 0) is 47.7 Å². The quantitative estimate of drug-likeness (QED) is 0.758. The molecule has 0 unspecified atom stereocenters. The van der Waals surface area contributed by atoms with Gasteiger partial charge in [-0.2, -0.15) is 0 Å². The lowest BCUT2D eigenvalue weighted by atomic mass is 10.0. The molecule has 0 aliphatic carbocycles. The summed E-state index contributed by atoms with van der Waals surface area (Å²) in [6.45, 7) is 0.235. The van der Waals surface area contributed by atoms with E-state index in [0.717, 1.165) is 27.0 Å². The molecule has 5 nitrogen and oxygen atoms in total. The normalized spacial score (nSPS) is 13.7. The predicted molar refractivity (Wildman–Crippen MR) is 104 cm³/mol. The standard InChI is InChI=1S/C20H18N2O3S/c1-25-12-22-16-8-7-15(10-13(16)6-9-19(22)23)21-20(24)18-11-14-4-2-3-5-17(14)26-18/h2-5,7-8,10-11H,6,9,12H2,1H3,(H,21,24). The number of benzene rings is 2. The summed E-state index contributed by atoms with van der Waals surface area (Å²) in [7, 11) is 1.57. The van der Waals surface area contributed by atoms with Gasteiger partial charge in [0.2, 0.25) is 5.91 Å². The summed E-state index contributed by atoms with van der Waals surface area (Å²) in [5, 5.41) is 4.04. The number of ether oxygens (including phenoxy) is 1. The maximum Gasteiger partial charge on any atom is 0.265 e. The van der Waals surface area contributed by atoms with E-state index in [4.69, 9.17) is 4.74 Å². The van der Waals surface area contributed by atoms with Crippen LogP contribution in [0.25, 0.3) is 10.1 Å². The van der Waals surface area contributed by atoms with Gasteiger partial charge < -0.3 is 10.1 Å². The third-order valence-electron chi connectivity index (χ3n) is 4.44. The number of amides is 2. The van der Waals surface area contributed by atoms with E-state index in [1.807, 2.05) is 48.5 Å². The molecule has 0 saturated carbocycles. The van der Waals surface area contributed by atoms with Crippen LogP contribution in [0, 0.1) is 0 Å². The third kappa shape index (κ3) is 3.09. The molecule has 26 heavy (non-hydrogen) atoms. The van der Waals surface area contributed by atoms with Crippen molar-refractivity contribution >= 4 is 44.6 Å². The van der Waals surface area contributed by atoms with Crippen LogP contribution in [0.1, 0.15) is 21.7 Å². The fourth-order valence-corrected chi connectivity index (χ4v) is 4.15.